The third kappa shape index (κ3) is 4.29. The lowest BCUT2D eigenvalue weighted by molar-refractivity contribution is -0.145. The van der Waals surface area contributed by atoms with Crippen LogP contribution in [-0.2, 0) is 15.7 Å². The van der Waals surface area contributed by atoms with Crippen LogP contribution in [0.4, 0.5) is 18.9 Å². The zero-order valence-corrected chi connectivity index (χ0v) is 19.4. The highest BCUT2D eigenvalue weighted by Gasteiger charge is 2.52. The maximum Gasteiger partial charge on any atom is 0.416 e. The summed E-state index contributed by atoms with van der Waals surface area (Å²) in [7, 11) is 0. The molecule has 180 valence electrons. The molecule has 0 aromatic heterocycles. The number of nitrogens with zero attached hydrogens (tertiary/aromatic N) is 2. The molecular weight excluding hydrogens is 429 g/mol. The quantitative estimate of drug-likeness (QED) is 0.460. The van der Waals surface area contributed by atoms with E-state index in [0.717, 1.165) is 25.6 Å². The summed E-state index contributed by atoms with van der Waals surface area (Å²) >= 11 is 0. The minimum absolute atomic E-state index is 0.0204. The van der Waals surface area contributed by atoms with Crippen molar-refractivity contribution < 1.29 is 22.7 Å². The lowest BCUT2D eigenvalue weighted by Gasteiger charge is -2.46. The number of allylic oxidation sites excluding steroid dienone is 1. The van der Waals surface area contributed by atoms with Crippen LogP contribution in [0.2, 0.25) is 0 Å². The van der Waals surface area contributed by atoms with E-state index in [1.165, 1.54) is 37.0 Å². The minimum Gasteiger partial charge on any atom is -0.461 e. The predicted molar refractivity (Wildman–Crippen MR) is 121 cm³/mol. The van der Waals surface area contributed by atoms with Gasteiger partial charge in [0.1, 0.15) is 6.10 Å². The highest BCUT2D eigenvalue weighted by atomic mass is 19.4. The van der Waals surface area contributed by atoms with Crippen molar-refractivity contribution in [2.45, 2.75) is 51.8 Å². The number of carbonyl (C=O) groups is 1. The first-order valence-electron chi connectivity index (χ1n) is 12.2. The number of rotatable bonds is 3. The molecule has 1 aromatic rings. The molecule has 0 unspecified atom stereocenters. The molecular formula is C26H33F3N2O2. The summed E-state index contributed by atoms with van der Waals surface area (Å²) in [5.41, 5.74) is 1.67. The summed E-state index contributed by atoms with van der Waals surface area (Å²) < 4.78 is 45.1. The van der Waals surface area contributed by atoms with Gasteiger partial charge >= 0.3 is 12.1 Å². The fraction of sp³-hybridized carbons (Fsp3) is 0.654. The summed E-state index contributed by atoms with van der Waals surface area (Å²) in [6.07, 6.45) is 2.58. The Kier molecular flexibility index (Phi) is 5.74. The van der Waals surface area contributed by atoms with Crippen molar-refractivity contribution in [1.82, 2.24) is 4.90 Å². The Balaban J connectivity index is 1.24. The Morgan fingerprint density at radius 3 is 2.67 bits per heavy atom. The lowest BCUT2D eigenvalue weighted by Crippen LogP contribution is -2.49. The Hall–Kier alpha value is -2.02. The second-order valence-corrected chi connectivity index (χ2v) is 10.7. The van der Waals surface area contributed by atoms with Crippen molar-refractivity contribution in [3.8, 4) is 0 Å². The van der Waals surface area contributed by atoms with E-state index >= 15 is 0 Å². The van der Waals surface area contributed by atoms with Gasteiger partial charge in [0.25, 0.3) is 0 Å². The molecule has 4 aliphatic rings. The maximum absolute atomic E-state index is 13.1. The van der Waals surface area contributed by atoms with Crippen LogP contribution in [0.1, 0.15) is 45.1 Å². The fourth-order valence-electron chi connectivity index (χ4n) is 6.60. The number of hydrogen-bond donors (Lipinski definition) is 0. The molecule has 33 heavy (non-hydrogen) atoms. The molecule has 0 spiro atoms. The number of piperazine rings is 1. The number of benzene rings is 1. The van der Waals surface area contributed by atoms with Gasteiger partial charge in [0.2, 0.25) is 0 Å². The molecule has 2 aliphatic heterocycles. The van der Waals surface area contributed by atoms with Gasteiger partial charge in [-0.3, -0.25) is 9.69 Å². The second kappa shape index (κ2) is 8.33. The third-order valence-corrected chi connectivity index (χ3v) is 8.45. The predicted octanol–water partition coefficient (Wildman–Crippen LogP) is 5.14. The first kappa shape index (κ1) is 22.8. The van der Waals surface area contributed by atoms with Gasteiger partial charge in [-0.15, -0.1) is 0 Å². The van der Waals surface area contributed by atoms with Crippen molar-refractivity contribution in [3.05, 3.63) is 41.5 Å². The van der Waals surface area contributed by atoms with E-state index in [2.05, 4.69) is 24.8 Å². The third-order valence-electron chi connectivity index (χ3n) is 8.45. The van der Waals surface area contributed by atoms with E-state index in [-0.39, 0.29) is 29.3 Å². The Morgan fingerprint density at radius 2 is 1.94 bits per heavy atom. The van der Waals surface area contributed by atoms with Crippen LogP contribution < -0.4 is 4.90 Å². The zero-order valence-electron chi connectivity index (χ0n) is 19.4. The van der Waals surface area contributed by atoms with Gasteiger partial charge < -0.3 is 9.64 Å². The molecule has 7 heteroatoms. The van der Waals surface area contributed by atoms with E-state index in [4.69, 9.17) is 4.74 Å². The van der Waals surface area contributed by atoms with E-state index in [1.54, 1.807) is 6.07 Å². The number of ether oxygens (including phenoxy) is 1. The highest BCUT2D eigenvalue weighted by molar-refractivity contribution is 5.76. The van der Waals surface area contributed by atoms with E-state index < -0.39 is 11.7 Å². The Morgan fingerprint density at radius 1 is 1.18 bits per heavy atom. The summed E-state index contributed by atoms with van der Waals surface area (Å²) in [5, 5.41) is 0. The Bertz CT molecular complexity index is 938. The Labute approximate surface area is 193 Å². The number of esters is 1. The van der Waals surface area contributed by atoms with Crippen LogP contribution in [0, 0.1) is 23.2 Å². The van der Waals surface area contributed by atoms with Gasteiger partial charge in [0, 0.05) is 44.3 Å². The van der Waals surface area contributed by atoms with Crippen LogP contribution in [0.5, 0.6) is 0 Å². The SMILES string of the molecule is C[C@@H]1CCC[C@@]2(C)C[C@H]3OC(=O)[C@@H](CN4CCN(c5cccc(C(F)(F)F)c5)CC4)[C@@H]3C=C12. The monoisotopic (exact) mass is 462 g/mol. The van der Waals surface area contributed by atoms with Crippen molar-refractivity contribution >= 4 is 11.7 Å². The van der Waals surface area contributed by atoms with Gasteiger partial charge in [0.15, 0.2) is 0 Å². The van der Waals surface area contributed by atoms with Crippen molar-refractivity contribution in [2.24, 2.45) is 23.2 Å². The molecule has 2 heterocycles. The largest absolute Gasteiger partial charge is 0.461 e. The molecule has 1 saturated carbocycles. The van der Waals surface area contributed by atoms with E-state index in [1.807, 2.05) is 4.90 Å². The number of hydrogen-bond acceptors (Lipinski definition) is 4. The number of halogens is 3. The first-order valence-corrected chi connectivity index (χ1v) is 12.2. The maximum atomic E-state index is 13.1. The normalized spacial score (nSPS) is 35.0. The molecule has 0 bridgehead atoms. The molecule has 0 amide bonds. The van der Waals surface area contributed by atoms with E-state index in [0.29, 0.717) is 31.2 Å². The van der Waals surface area contributed by atoms with Crippen molar-refractivity contribution in [2.75, 3.05) is 37.6 Å². The minimum atomic E-state index is -4.34. The number of carbonyl (C=O) groups excluding carboxylic acids is 1. The molecule has 5 rings (SSSR count). The van der Waals surface area contributed by atoms with Crippen LogP contribution in [0.15, 0.2) is 35.9 Å². The molecule has 1 aromatic carbocycles. The topological polar surface area (TPSA) is 32.8 Å². The van der Waals surface area contributed by atoms with Crippen LogP contribution >= 0.6 is 0 Å². The highest BCUT2D eigenvalue weighted by Crippen LogP contribution is 2.54. The smallest absolute Gasteiger partial charge is 0.416 e. The van der Waals surface area contributed by atoms with Crippen LogP contribution in [0.25, 0.3) is 0 Å². The number of fused-ring (bicyclic) bond motifs is 2. The molecule has 2 saturated heterocycles. The summed E-state index contributed by atoms with van der Waals surface area (Å²) in [6, 6.07) is 5.54. The van der Waals surface area contributed by atoms with Gasteiger partial charge in [-0.1, -0.05) is 38.0 Å². The van der Waals surface area contributed by atoms with Crippen LogP contribution in [-0.4, -0.2) is 49.7 Å². The second-order valence-electron chi connectivity index (χ2n) is 10.7. The van der Waals surface area contributed by atoms with Gasteiger partial charge in [0.05, 0.1) is 11.5 Å². The average Bonchev–Trinajstić information content (AvgIpc) is 3.06. The number of alkyl halides is 3. The summed E-state index contributed by atoms with van der Waals surface area (Å²) in [6.45, 7) is 8.04. The van der Waals surface area contributed by atoms with Crippen molar-refractivity contribution in [3.63, 3.8) is 0 Å². The molecule has 2 aliphatic carbocycles. The standard InChI is InChI=1S/C26H33F3N2O2/c1-17-5-4-8-25(2)15-23-20(14-22(17)25)21(24(32)33-23)16-30-9-11-31(12-10-30)19-7-3-6-18(13-19)26(27,28)29/h3,6-7,13-14,17,20-21,23H,4-5,8-12,15-16H2,1-2H3/t17-,20+,21+,23-,25+/m1/s1. The van der Waals surface area contributed by atoms with Crippen molar-refractivity contribution in [1.29, 1.82) is 0 Å². The van der Waals surface area contributed by atoms with Gasteiger partial charge in [-0.2, -0.15) is 13.2 Å². The molecule has 4 nitrogen and oxygen atoms in total. The number of anilines is 1. The first-order chi connectivity index (χ1) is 15.6. The van der Waals surface area contributed by atoms with Crippen LogP contribution in [0.3, 0.4) is 0 Å². The molecule has 0 radical (unpaired) electrons. The van der Waals surface area contributed by atoms with Gasteiger partial charge in [-0.05, 0) is 48.8 Å². The van der Waals surface area contributed by atoms with Gasteiger partial charge in [-0.25, -0.2) is 0 Å². The lowest BCUT2D eigenvalue weighted by atomic mass is 9.59. The molecule has 0 N–H and O–H groups in total. The summed E-state index contributed by atoms with van der Waals surface area (Å²) in [4.78, 5) is 17.1. The fourth-order valence-corrected chi connectivity index (χ4v) is 6.60. The summed E-state index contributed by atoms with van der Waals surface area (Å²) in [5.74, 6) is 0.470. The van der Waals surface area contributed by atoms with E-state index in [9.17, 15) is 18.0 Å². The molecule has 3 fully saturated rings. The zero-order chi connectivity index (χ0) is 23.4. The molecule has 5 atom stereocenters. The average molecular weight is 463 g/mol.